The summed E-state index contributed by atoms with van der Waals surface area (Å²) in [6.45, 7) is 4.22. The monoisotopic (exact) mass is 293 g/mol. The first kappa shape index (κ1) is 13.5. The van der Waals surface area contributed by atoms with E-state index in [4.69, 9.17) is 4.98 Å². The largest absolute Gasteiger partial charge is 0.310 e. The highest BCUT2D eigenvalue weighted by Gasteiger charge is 2.29. The molecule has 3 heterocycles. The zero-order chi connectivity index (χ0) is 14.3. The van der Waals surface area contributed by atoms with E-state index in [9.17, 15) is 8.42 Å². The molecule has 6 heteroatoms. The second-order valence-corrected chi connectivity index (χ2v) is 8.01. The summed E-state index contributed by atoms with van der Waals surface area (Å²) in [5.41, 5.74) is 1.79. The van der Waals surface area contributed by atoms with Gasteiger partial charge in [0, 0.05) is 18.2 Å². The highest BCUT2D eigenvalue weighted by molar-refractivity contribution is 7.91. The number of nitrogens with zero attached hydrogens (tertiary/aromatic N) is 3. The van der Waals surface area contributed by atoms with Crippen LogP contribution in [0.15, 0.2) is 18.3 Å². The molecular formula is C14H19N3O2S. The Hall–Kier alpha value is -1.43. The van der Waals surface area contributed by atoms with Gasteiger partial charge in [0.15, 0.2) is 5.65 Å². The second kappa shape index (κ2) is 4.84. The van der Waals surface area contributed by atoms with Crippen molar-refractivity contribution in [1.29, 1.82) is 0 Å². The van der Waals surface area contributed by atoms with Gasteiger partial charge in [0.1, 0.15) is 21.2 Å². The third kappa shape index (κ3) is 2.32. The molecule has 0 spiro atoms. The standard InChI is InChI=1S/C14H19N3O2S/c1-10(2)17-13(11-5-8-20(18,19)9-6-11)16-12-4-3-7-15-14(12)17/h3-4,7,10-11H,5-6,8-9H2,1-2H3. The molecule has 1 saturated heterocycles. The summed E-state index contributed by atoms with van der Waals surface area (Å²) in [5.74, 6) is 1.75. The van der Waals surface area contributed by atoms with Crippen molar-refractivity contribution in [3.05, 3.63) is 24.2 Å². The minimum absolute atomic E-state index is 0.218. The summed E-state index contributed by atoms with van der Waals surface area (Å²) in [7, 11) is -2.84. The van der Waals surface area contributed by atoms with Crippen molar-refractivity contribution in [3.8, 4) is 0 Å². The highest BCUT2D eigenvalue weighted by Crippen LogP contribution is 2.32. The maximum absolute atomic E-state index is 11.6. The smallest absolute Gasteiger partial charge is 0.160 e. The quantitative estimate of drug-likeness (QED) is 0.852. The molecule has 1 aliphatic heterocycles. The molecule has 1 aliphatic rings. The summed E-state index contributed by atoms with van der Waals surface area (Å²) in [6.07, 6.45) is 3.11. The van der Waals surface area contributed by atoms with Crippen LogP contribution in [-0.2, 0) is 9.84 Å². The van der Waals surface area contributed by atoms with E-state index < -0.39 is 9.84 Å². The molecule has 2 aromatic rings. The first-order valence-corrected chi connectivity index (χ1v) is 8.83. The molecule has 20 heavy (non-hydrogen) atoms. The van der Waals surface area contributed by atoms with Gasteiger partial charge in [-0.2, -0.15) is 0 Å². The molecule has 0 aliphatic carbocycles. The number of imidazole rings is 1. The van der Waals surface area contributed by atoms with Crippen LogP contribution in [0.1, 0.15) is 44.5 Å². The van der Waals surface area contributed by atoms with Gasteiger partial charge in [0.05, 0.1) is 11.5 Å². The fourth-order valence-corrected chi connectivity index (χ4v) is 4.38. The predicted molar refractivity (Wildman–Crippen MR) is 78.5 cm³/mol. The number of fused-ring (bicyclic) bond motifs is 1. The summed E-state index contributed by atoms with van der Waals surface area (Å²) < 4.78 is 25.3. The molecule has 0 radical (unpaired) electrons. The fourth-order valence-electron chi connectivity index (χ4n) is 2.89. The van der Waals surface area contributed by atoms with Crippen molar-refractivity contribution in [2.24, 2.45) is 0 Å². The van der Waals surface area contributed by atoms with Gasteiger partial charge in [-0.05, 0) is 38.8 Å². The number of sulfone groups is 1. The molecule has 0 bridgehead atoms. The second-order valence-electron chi connectivity index (χ2n) is 5.71. The van der Waals surface area contributed by atoms with Crippen LogP contribution < -0.4 is 0 Å². The van der Waals surface area contributed by atoms with E-state index in [-0.39, 0.29) is 23.5 Å². The first-order valence-electron chi connectivity index (χ1n) is 7.01. The van der Waals surface area contributed by atoms with E-state index in [2.05, 4.69) is 23.4 Å². The highest BCUT2D eigenvalue weighted by atomic mass is 32.2. The Morgan fingerprint density at radius 1 is 1.30 bits per heavy atom. The summed E-state index contributed by atoms with van der Waals surface area (Å²) in [4.78, 5) is 9.14. The summed E-state index contributed by atoms with van der Waals surface area (Å²) in [5, 5.41) is 0. The van der Waals surface area contributed by atoms with Crippen molar-refractivity contribution in [3.63, 3.8) is 0 Å². The number of pyridine rings is 1. The van der Waals surface area contributed by atoms with Crippen molar-refractivity contribution >= 4 is 21.0 Å². The van der Waals surface area contributed by atoms with Crippen LogP contribution in [0.2, 0.25) is 0 Å². The number of hydrogen-bond acceptors (Lipinski definition) is 4. The molecule has 0 aromatic carbocycles. The molecule has 2 aromatic heterocycles. The molecule has 0 saturated carbocycles. The maximum atomic E-state index is 11.6. The Labute approximate surface area is 119 Å². The van der Waals surface area contributed by atoms with E-state index in [1.54, 1.807) is 6.20 Å². The zero-order valence-corrected chi connectivity index (χ0v) is 12.6. The minimum Gasteiger partial charge on any atom is -0.310 e. The summed E-state index contributed by atoms with van der Waals surface area (Å²) >= 11 is 0. The van der Waals surface area contributed by atoms with Crippen molar-refractivity contribution in [1.82, 2.24) is 14.5 Å². The van der Waals surface area contributed by atoms with E-state index in [0.29, 0.717) is 12.8 Å². The van der Waals surface area contributed by atoms with Gasteiger partial charge in [0.2, 0.25) is 0 Å². The molecule has 0 N–H and O–H groups in total. The van der Waals surface area contributed by atoms with Gasteiger partial charge in [-0.1, -0.05) is 0 Å². The molecule has 0 amide bonds. The van der Waals surface area contributed by atoms with Crippen molar-refractivity contribution < 1.29 is 8.42 Å². The van der Waals surface area contributed by atoms with Crippen LogP contribution in [0.3, 0.4) is 0 Å². The van der Waals surface area contributed by atoms with Crippen LogP contribution in [0.5, 0.6) is 0 Å². The Morgan fingerprint density at radius 3 is 2.65 bits per heavy atom. The third-order valence-electron chi connectivity index (χ3n) is 3.91. The predicted octanol–water partition coefficient (Wildman–Crippen LogP) is 2.30. The minimum atomic E-state index is -2.84. The number of aromatic nitrogens is 3. The molecule has 108 valence electrons. The molecule has 0 atom stereocenters. The SMILES string of the molecule is CC(C)n1c(C2CCS(=O)(=O)CC2)nc2cccnc21. The number of hydrogen-bond donors (Lipinski definition) is 0. The number of rotatable bonds is 2. The average molecular weight is 293 g/mol. The summed E-state index contributed by atoms with van der Waals surface area (Å²) in [6, 6.07) is 4.11. The lowest BCUT2D eigenvalue weighted by Crippen LogP contribution is -2.24. The van der Waals surface area contributed by atoms with Gasteiger partial charge < -0.3 is 4.57 Å². The van der Waals surface area contributed by atoms with E-state index in [1.807, 2.05) is 12.1 Å². The molecule has 1 fully saturated rings. The molecule has 3 rings (SSSR count). The van der Waals surface area contributed by atoms with Gasteiger partial charge in [-0.25, -0.2) is 18.4 Å². The fraction of sp³-hybridized carbons (Fsp3) is 0.571. The third-order valence-corrected chi connectivity index (χ3v) is 5.63. The lowest BCUT2D eigenvalue weighted by atomic mass is 10.0. The van der Waals surface area contributed by atoms with Crippen LogP contribution in [0.25, 0.3) is 11.2 Å². The Balaban J connectivity index is 2.05. The first-order chi connectivity index (χ1) is 9.48. The lowest BCUT2D eigenvalue weighted by molar-refractivity contribution is 0.496. The van der Waals surface area contributed by atoms with E-state index in [0.717, 1.165) is 17.0 Å². The molecular weight excluding hydrogens is 274 g/mol. The van der Waals surface area contributed by atoms with Crippen LogP contribution in [-0.4, -0.2) is 34.5 Å². The van der Waals surface area contributed by atoms with Gasteiger partial charge >= 0.3 is 0 Å². The Bertz CT molecular complexity index is 720. The average Bonchev–Trinajstić information content (AvgIpc) is 2.77. The van der Waals surface area contributed by atoms with E-state index >= 15 is 0 Å². The van der Waals surface area contributed by atoms with Gasteiger partial charge in [-0.3, -0.25) is 0 Å². The normalized spacial score (nSPS) is 19.8. The van der Waals surface area contributed by atoms with E-state index in [1.165, 1.54) is 0 Å². The van der Waals surface area contributed by atoms with Crippen LogP contribution in [0, 0.1) is 0 Å². The van der Waals surface area contributed by atoms with Crippen molar-refractivity contribution in [2.45, 2.75) is 38.6 Å². The van der Waals surface area contributed by atoms with Gasteiger partial charge in [0.25, 0.3) is 0 Å². The Kier molecular flexibility index (Phi) is 3.28. The lowest BCUT2D eigenvalue weighted by Gasteiger charge is -2.23. The van der Waals surface area contributed by atoms with Crippen LogP contribution >= 0.6 is 0 Å². The maximum Gasteiger partial charge on any atom is 0.160 e. The van der Waals surface area contributed by atoms with Gasteiger partial charge in [-0.15, -0.1) is 0 Å². The van der Waals surface area contributed by atoms with Crippen molar-refractivity contribution in [2.75, 3.05) is 11.5 Å². The molecule has 5 nitrogen and oxygen atoms in total. The topological polar surface area (TPSA) is 64.8 Å². The molecule has 0 unspecified atom stereocenters. The van der Waals surface area contributed by atoms with Crippen LogP contribution in [0.4, 0.5) is 0 Å². The zero-order valence-electron chi connectivity index (χ0n) is 11.8. The Morgan fingerprint density at radius 2 is 2.00 bits per heavy atom.